The van der Waals surface area contributed by atoms with Gasteiger partial charge in [0, 0.05) is 37.5 Å². The number of aromatic hydroxyl groups is 1. The van der Waals surface area contributed by atoms with E-state index in [2.05, 4.69) is 5.32 Å². The molecule has 2 N–H and O–H groups in total. The summed E-state index contributed by atoms with van der Waals surface area (Å²) in [5.41, 5.74) is 1.52. The summed E-state index contributed by atoms with van der Waals surface area (Å²) in [4.78, 5) is 26.0. The Morgan fingerprint density at radius 1 is 1.17 bits per heavy atom. The fourth-order valence-electron chi connectivity index (χ4n) is 2.93. The van der Waals surface area contributed by atoms with Crippen LogP contribution in [0.4, 0.5) is 0 Å². The number of nitrogens with zero attached hydrogens (tertiary/aromatic N) is 1. The molecule has 0 spiro atoms. The summed E-state index contributed by atoms with van der Waals surface area (Å²) >= 11 is 0. The summed E-state index contributed by atoms with van der Waals surface area (Å²) in [5.74, 6) is 0.0607. The van der Waals surface area contributed by atoms with Gasteiger partial charge in [0.25, 0.3) is 5.91 Å². The topological polar surface area (TPSA) is 69.6 Å². The third-order valence-corrected chi connectivity index (χ3v) is 4.17. The number of phenolic OH excluding ortho intramolecular Hbond substituents is 1. The fourth-order valence-corrected chi connectivity index (χ4v) is 2.93. The van der Waals surface area contributed by atoms with E-state index in [4.69, 9.17) is 0 Å². The number of carbonyl (C=O) groups excluding carboxylic acids is 2. The second-order valence-electron chi connectivity index (χ2n) is 6.09. The molecule has 5 heteroatoms. The zero-order chi connectivity index (χ0) is 16.9. The van der Waals surface area contributed by atoms with Crippen LogP contribution in [0.2, 0.25) is 0 Å². The minimum atomic E-state index is -0.236. The van der Waals surface area contributed by atoms with Gasteiger partial charge in [0.05, 0.1) is 0 Å². The lowest BCUT2D eigenvalue weighted by Gasteiger charge is -2.17. The van der Waals surface area contributed by atoms with Gasteiger partial charge >= 0.3 is 0 Å². The number of hydrogen-bond acceptors (Lipinski definition) is 3. The van der Waals surface area contributed by atoms with Gasteiger partial charge in [-0.25, -0.2) is 0 Å². The van der Waals surface area contributed by atoms with Crippen LogP contribution in [0.1, 0.15) is 22.3 Å². The number of rotatable bonds is 5. The molecule has 0 radical (unpaired) electrons. The molecule has 2 amide bonds. The Morgan fingerprint density at radius 3 is 2.71 bits per heavy atom. The molecular weight excluding hydrogens is 304 g/mol. The van der Waals surface area contributed by atoms with E-state index in [-0.39, 0.29) is 23.5 Å². The number of amides is 2. The number of likely N-dealkylation sites (tertiary alicyclic amines) is 1. The Bertz CT molecular complexity index is 730. The van der Waals surface area contributed by atoms with Crippen molar-refractivity contribution in [1.29, 1.82) is 0 Å². The largest absolute Gasteiger partial charge is 0.508 e. The van der Waals surface area contributed by atoms with Gasteiger partial charge in [-0.05, 0) is 23.8 Å². The molecule has 2 aromatic rings. The van der Waals surface area contributed by atoms with Crippen molar-refractivity contribution >= 4 is 11.8 Å². The van der Waals surface area contributed by atoms with Gasteiger partial charge < -0.3 is 15.3 Å². The molecule has 0 aromatic heterocycles. The molecule has 0 aliphatic carbocycles. The van der Waals surface area contributed by atoms with Crippen molar-refractivity contribution in [2.75, 3.05) is 13.1 Å². The highest BCUT2D eigenvalue weighted by molar-refractivity contribution is 5.94. The second kappa shape index (κ2) is 7.17. The number of nitrogens with one attached hydrogen (secondary N) is 1. The molecule has 24 heavy (non-hydrogen) atoms. The van der Waals surface area contributed by atoms with Crippen LogP contribution in [0.5, 0.6) is 5.75 Å². The molecule has 1 fully saturated rings. The van der Waals surface area contributed by atoms with E-state index in [0.717, 1.165) is 5.56 Å². The lowest BCUT2D eigenvalue weighted by atomic mass is 10.1. The van der Waals surface area contributed by atoms with E-state index in [1.54, 1.807) is 12.1 Å². The van der Waals surface area contributed by atoms with Crippen molar-refractivity contribution in [1.82, 2.24) is 10.2 Å². The fraction of sp³-hybridized carbons (Fsp3) is 0.263. The van der Waals surface area contributed by atoms with E-state index in [0.29, 0.717) is 31.6 Å². The van der Waals surface area contributed by atoms with Gasteiger partial charge in [0.15, 0.2) is 0 Å². The first-order valence-corrected chi connectivity index (χ1v) is 8.01. The maximum atomic E-state index is 12.1. The van der Waals surface area contributed by atoms with Gasteiger partial charge in [-0.1, -0.05) is 36.4 Å². The number of hydrogen-bond donors (Lipinski definition) is 2. The first kappa shape index (κ1) is 16.1. The molecule has 1 unspecified atom stereocenters. The molecule has 0 saturated carbocycles. The third-order valence-electron chi connectivity index (χ3n) is 4.17. The van der Waals surface area contributed by atoms with E-state index < -0.39 is 0 Å². The number of carbonyl (C=O) groups is 2. The quantitative estimate of drug-likeness (QED) is 0.885. The van der Waals surface area contributed by atoms with Crippen LogP contribution < -0.4 is 5.32 Å². The zero-order valence-electron chi connectivity index (χ0n) is 13.3. The van der Waals surface area contributed by atoms with E-state index >= 15 is 0 Å². The Balaban J connectivity index is 1.52. The Kier molecular flexibility index (Phi) is 4.79. The summed E-state index contributed by atoms with van der Waals surface area (Å²) in [6.45, 7) is 1.70. The Hall–Kier alpha value is -2.82. The molecule has 124 valence electrons. The predicted molar refractivity (Wildman–Crippen MR) is 90.4 cm³/mol. The lowest BCUT2D eigenvalue weighted by molar-refractivity contribution is -0.128. The average molecular weight is 324 g/mol. The molecule has 1 aliphatic heterocycles. The molecule has 1 heterocycles. The van der Waals surface area contributed by atoms with Gasteiger partial charge in [-0.15, -0.1) is 0 Å². The van der Waals surface area contributed by atoms with Crippen LogP contribution in [0.3, 0.4) is 0 Å². The highest BCUT2D eigenvalue weighted by Crippen LogP contribution is 2.20. The van der Waals surface area contributed by atoms with Crippen molar-refractivity contribution in [2.24, 2.45) is 5.92 Å². The van der Waals surface area contributed by atoms with Crippen molar-refractivity contribution in [3.63, 3.8) is 0 Å². The molecule has 1 saturated heterocycles. The van der Waals surface area contributed by atoms with Gasteiger partial charge in [0.1, 0.15) is 5.75 Å². The molecule has 0 bridgehead atoms. The van der Waals surface area contributed by atoms with Crippen molar-refractivity contribution in [3.8, 4) is 5.75 Å². The highest BCUT2D eigenvalue weighted by Gasteiger charge is 2.29. The minimum absolute atomic E-state index is 0.0627. The summed E-state index contributed by atoms with van der Waals surface area (Å²) < 4.78 is 0. The van der Waals surface area contributed by atoms with Crippen molar-refractivity contribution < 1.29 is 14.7 Å². The summed E-state index contributed by atoms with van der Waals surface area (Å²) in [5, 5.41) is 12.3. The van der Waals surface area contributed by atoms with Crippen LogP contribution in [0.25, 0.3) is 0 Å². The molecular formula is C19H20N2O3. The highest BCUT2D eigenvalue weighted by atomic mass is 16.3. The Labute approximate surface area is 140 Å². The monoisotopic (exact) mass is 324 g/mol. The van der Waals surface area contributed by atoms with Crippen LogP contribution in [0, 0.1) is 5.92 Å². The first-order chi connectivity index (χ1) is 11.6. The zero-order valence-corrected chi connectivity index (χ0v) is 13.3. The van der Waals surface area contributed by atoms with Crippen LogP contribution >= 0.6 is 0 Å². The summed E-state index contributed by atoms with van der Waals surface area (Å²) in [6.07, 6.45) is 0.452. The molecule has 2 aromatic carbocycles. The SMILES string of the molecule is O=C(NCC1CC(=O)N(Cc2ccccc2)C1)c1cccc(O)c1. The molecule has 1 atom stereocenters. The van der Waals surface area contributed by atoms with Crippen LogP contribution in [-0.4, -0.2) is 34.9 Å². The molecule has 5 nitrogen and oxygen atoms in total. The van der Waals surface area contributed by atoms with E-state index in [1.165, 1.54) is 12.1 Å². The average Bonchev–Trinajstić information content (AvgIpc) is 2.93. The minimum Gasteiger partial charge on any atom is -0.508 e. The van der Waals surface area contributed by atoms with Gasteiger partial charge in [0.2, 0.25) is 5.91 Å². The maximum absolute atomic E-state index is 12.1. The van der Waals surface area contributed by atoms with Crippen LogP contribution in [0.15, 0.2) is 54.6 Å². The van der Waals surface area contributed by atoms with Gasteiger partial charge in [-0.3, -0.25) is 9.59 Å². The Morgan fingerprint density at radius 2 is 1.96 bits per heavy atom. The lowest BCUT2D eigenvalue weighted by Crippen LogP contribution is -2.31. The summed E-state index contributed by atoms with van der Waals surface area (Å²) in [7, 11) is 0. The molecule has 1 aliphatic rings. The van der Waals surface area contributed by atoms with Crippen LogP contribution in [-0.2, 0) is 11.3 Å². The van der Waals surface area contributed by atoms with Gasteiger partial charge in [-0.2, -0.15) is 0 Å². The predicted octanol–water partition coefficient (Wildman–Crippen LogP) is 2.17. The van der Waals surface area contributed by atoms with Crippen molar-refractivity contribution in [2.45, 2.75) is 13.0 Å². The molecule has 3 rings (SSSR count). The summed E-state index contributed by atoms with van der Waals surface area (Å²) in [6, 6.07) is 16.1. The van der Waals surface area contributed by atoms with E-state index in [1.807, 2.05) is 35.2 Å². The number of benzene rings is 2. The smallest absolute Gasteiger partial charge is 0.251 e. The standard InChI is InChI=1S/C19H20N2O3/c22-17-8-4-7-16(10-17)19(24)20-11-15-9-18(23)21(13-15)12-14-5-2-1-3-6-14/h1-8,10,15,22H,9,11-13H2,(H,20,24). The van der Waals surface area contributed by atoms with Crippen molar-refractivity contribution in [3.05, 3.63) is 65.7 Å². The number of phenols is 1. The van der Waals surface area contributed by atoms with E-state index in [9.17, 15) is 14.7 Å². The normalized spacial score (nSPS) is 17.1. The maximum Gasteiger partial charge on any atom is 0.251 e. The first-order valence-electron chi connectivity index (χ1n) is 8.01. The third kappa shape index (κ3) is 3.93. The second-order valence-corrected chi connectivity index (χ2v) is 6.09.